The molecule has 3 rings (SSSR count). The molecule has 1 aromatic carbocycles. The number of hydrogen-bond donors (Lipinski definition) is 2. The van der Waals surface area contributed by atoms with Crippen molar-refractivity contribution in [2.45, 2.75) is 45.7 Å². The monoisotopic (exact) mass is 384 g/mol. The predicted octanol–water partition coefficient (Wildman–Crippen LogP) is 3.47. The zero-order chi connectivity index (χ0) is 19.4. The van der Waals surface area contributed by atoms with Gasteiger partial charge in [-0.3, -0.25) is 14.4 Å². The third kappa shape index (κ3) is 4.83. The highest BCUT2D eigenvalue weighted by Crippen LogP contribution is 2.27. The van der Waals surface area contributed by atoms with Crippen molar-refractivity contribution in [1.82, 2.24) is 10.6 Å². The van der Waals surface area contributed by atoms with E-state index in [1.165, 1.54) is 18.3 Å². The zero-order valence-electron chi connectivity index (χ0n) is 15.6. The zero-order valence-corrected chi connectivity index (χ0v) is 16.4. The molecule has 0 unspecified atom stereocenters. The Labute approximate surface area is 163 Å². The summed E-state index contributed by atoms with van der Waals surface area (Å²) in [5, 5.41) is 6.01. The van der Waals surface area contributed by atoms with Crippen molar-refractivity contribution < 1.29 is 14.4 Å². The molecule has 2 N–H and O–H groups in total. The van der Waals surface area contributed by atoms with E-state index in [0.29, 0.717) is 22.7 Å². The lowest BCUT2D eigenvalue weighted by Crippen LogP contribution is -2.34. The Hall–Kier alpha value is -2.47. The van der Waals surface area contributed by atoms with Gasteiger partial charge in [0.15, 0.2) is 5.78 Å². The quantitative estimate of drug-likeness (QED) is 0.749. The fourth-order valence-electron chi connectivity index (χ4n) is 3.39. The first-order valence-electron chi connectivity index (χ1n) is 9.18. The molecule has 0 spiro atoms. The SMILES string of the molecule is CC(=O)c1ccc(C(=O)N[C@@H]2CC[C@H](C(=O)NCc3ccccc3C)C2)s1. The maximum atomic E-state index is 12.5. The number of carbonyl (C=O) groups excluding carboxylic acids is 3. The van der Waals surface area contributed by atoms with Crippen molar-refractivity contribution in [3.63, 3.8) is 0 Å². The standard InChI is InChI=1S/C21H24N2O3S/c1-13-5-3-4-6-16(13)12-22-20(25)15-7-8-17(11-15)23-21(26)19-10-9-18(27-19)14(2)24/h3-6,9-10,15,17H,7-8,11-12H2,1-2H3,(H,22,25)(H,23,26)/t15-,17+/m0/s1. The van der Waals surface area contributed by atoms with Crippen LogP contribution in [0, 0.1) is 12.8 Å². The van der Waals surface area contributed by atoms with Gasteiger partial charge in [-0.15, -0.1) is 11.3 Å². The number of Topliss-reactive ketones (excluding diaryl/α,β-unsaturated/α-hetero) is 1. The first-order chi connectivity index (χ1) is 12.9. The second-order valence-corrected chi connectivity index (χ2v) is 8.13. The van der Waals surface area contributed by atoms with Gasteiger partial charge in [-0.05, 0) is 56.4 Å². The second kappa shape index (κ2) is 8.48. The lowest BCUT2D eigenvalue weighted by Gasteiger charge is -2.14. The third-order valence-corrected chi connectivity index (χ3v) is 6.21. The van der Waals surface area contributed by atoms with Gasteiger partial charge in [0.05, 0.1) is 9.75 Å². The van der Waals surface area contributed by atoms with Crippen LogP contribution in [0.15, 0.2) is 36.4 Å². The number of ketones is 1. The van der Waals surface area contributed by atoms with Gasteiger partial charge in [-0.25, -0.2) is 0 Å². The average Bonchev–Trinajstić information content (AvgIpc) is 3.30. The van der Waals surface area contributed by atoms with Crippen LogP contribution in [0.25, 0.3) is 0 Å². The highest BCUT2D eigenvalue weighted by molar-refractivity contribution is 7.15. The highest BCUT2D eigenvalue weighted by atomic mass is 32.1. The Morgan fingerprint density at radius 3 is 2.52 bits per heavy atom. The molecule has 1 aliphatic rings. The van der Waals surface area contributed by atoms with Crippen molar-refractivity contribution in [3.05, 3.63) is 57.3 Å². The van der Waals surface area contributed by atoms with Crippen molar-refractivity contribution in [3.8, 4) is 0 Å². The molecule has 5 nitrogen and oxygen atoms in total. The Morgan fingerprint density at radius 2 is 1.81 bits per heavy atom. The largest absolute Gasteiger partial charge is 0.352 e. The molecule has 1 aliphatic carbocycles. The molecule has 0 radical (unpaired) electrons. The van der Waals surface area contributed by atoms with Gasteiger partial charge in [0.1, 0.15) is 0 Å². The summed E-state index contributed by atoms with van der Waals surface area (Å²) in [6.07, 6.45) is 2.21. The maximum Gasteiger partial charge on any atom is 0.261 e. The number of hydrogen-bond acceptors (Lipinski definition) is 4. The maximum absolute atomic E-state index is 12.5. The van der Waals surface area contributed by atoms with E-state index < -0.39 is 0 Å². The number of amides is 2. The van der Waals surface area contributed by atoms with Crippen LogP contribution in [0.5, 0.6) is 0 Å². The topological polar surface area (TPSA) is 75.3 Å². The Morgan fingerprint density at radius 1 is 1.07 bits per heavy atom. The average molecular weight is 385 g/mol. The van der Waals surface area contributed by atoms with E-state index in [4.69, 9.17) is 0 Å². The second-order valence-electron chi connectivity index (χ2n) is 7.04. The first kappa shape index (κ1) is 19.3. The Bertz CT molecular complexity index is 859. The Kier molecular flexibility index (Phi) is 6.06. The van der Waals surface area contributed by atoms with Crippen LogP contribution >= 0.6 is 11.3 Å². The number of benzene rings is 1. The molecule has 1 heterocycles. The fraction of sp³-hybridized carbons (Fsp3) is 0.381. The van der Waals surface area contributed by atoms with Crippen molar-refractivity contribution in [1.29, 1.82) is 0 Å². The van der Waals surface area contributed by atoms with E-state index in [9.17, 15) is 14.4 Å². The number of thiophene rings is 1. The van der Waals surface area contributed by atoms with Crippen LogP contribution in [0.2, 0.25) is 0 Å². The third-order valence-electron chi connectivity index (χ3n) is 5.03. The molecule has 0 saturated heterocycles. The van der Waals surface area contributed by atoms with E-state index in [0.717, 1.165) is 24.0 Å². The molecule has 27 heavy (non-hydrogen) atoms. The number of carbonyl (C=O) groups is 3. The van der Waals surface area contributed by atoms with E-state index in [1.807, 2.05) is 31.2 Å². The molecule has 142 valence electrons. The Balaban J connectivity index is 1.49. The van der Waals surface area contributed by atoms with Crippen LogP contribution in [0.1, 0.15) is 56.7 Å². The van der Waals surface area contributed by atoms with Crippen molar-refractivity contribution in [2.24, 2.45) is 5.92 Å². The van der Waals surface area contributed by atoms with Crippen LogP contribution in [0.4, 0.5) is 0 Å². The van der Waals surface area contributed by atoms with Crippen molar-refractivity contribution in [2.75, 3.05) is 0 Å². The van der Waals surface area contributed by atoms with Gasteiger partial charge in [0, 0.05) is 18.5 Å². The predicted molar refractivity (Wildman–Crippen MR) is 106 cm³/mol. The normalized spacial score (nSPS) is 18.9. The summed E-state index contributed by atoms with van der Waals surface area (Å²) in [5.41, 5.74) is 2.28. The molecule has 2 atom stereocenters. The van der Waals surface area contributed by atoms with Crippen LogP contribution in [-0.4, -0.2) is 23.6 Å². The molecule has 6 heteroatoms. The smallest absolute Gasteiger partial charge is 0.261 e. The minimum Gasteiger partial charge on any atom is -0.352 e. The lowest BCUT2D eigenvalue weighted by atomic mass is 10.1. The summed E-state index contributed by atoms with van der Waals surface area (Å²) in [6, 6.07) is 11.4. The highest BCUT2D eigenvalue weighted by Gasteiger charge is 2.31. The summed E-state index contributed by atoms with van der Waals surface area (Å²) >= 11 is 1.21. The van der Waals surface area contributed by atoms with E-state index >= 15 is 0 Å². The molecule has 1 fully saturated rings. The summed E-state index contributed by atoms with van der Waals surface area (Å²) in [4.78, 5) is 37.3. The molecular weight excluding hydrogens is 360 g/mol. The van der Waals surface area contributed by atoms with E-state index in [-0.39, 0.29) is 29.6 Å². The van der Waals surface area contributed by atoms with Gasteiger partial charge in [0.2, 0.25) is 5.91 Å². The molecule has 1 aromatic heterocycles. The van der Waals surface area contributed by atoms with E-state index in [2.05, 4.69) is 10.6 Å². The molecular formula is C21H24N2O3S. The van der Waals surface area contributed by atoms with Gasteiger partial charge >= 0.3 is 0 Å². The van der Waals surface area contributed by atoms with Crippen LogP contribution in [0.3, 0.4) is 0 Å². The van der Waals surface area contributed by atoms with Crippen LogP contribution in [-0.2, 0) is 11.3 Å². The van der Waals surface area contributed by atoms with E-state index in [1.54, 1.807) is 12.1 Å². The minimum absolute atomic E-state index is 0.00501. The first-order valence-corrected chi connectivity index (χ1v) is 9.99. The molecule has 0 aliphatic heterocycles. The molecule has 0 bridgehead atoms. The van der Waals surface area contributed by atoms with Gasteiger partial charge in [-0.1, -0.05) is 24.3 Å². The lowest BCUT2D eigenvalue weighted by molar-refractivity contribution is -0.125. The summed E-state index contributed by atoms with van der Waals surface area (Å²) in [7, 11) is 0. The molecule has 2 aromatic rings. The summed E-state index contributed by atoms with van der Waals surface area (Å²) < 4.78 is 0. The molecule has 2 amide bonds. The van der Waals surface area contributed by atoms with Crippen LogP contribution < -0.4 is 10.6 Å². The number of aryl methyl sites for hydroxylation is 1. The minimum atomic E-state index is -0.168. The van der Waals surface area contributed by atoms with Gasteiger partial charge < -0.3 is 10.6 Å². The van der Waals surface area contributed by atoms with Gasteiger partial charge in [0.25, 0.3) is 5.91 Å². The number of rotatable bonds is 6. The fourth-order valence-corrected chi connectivity index (χ4v) is 4.20. The summed E-state index contributed by atoms with van der Waals surface area (Å²) in [5.74, 6) is -0.232. The molecule has 1 saturated carbocycles. The number of nitrogens with one attached hydrogen (secondary N) is 2. The van der Waals surface area contributed by atoms with Crippen molar-refractivity contribution >= 4 is 28.9 Å². The summed E-state index contributed by atoms with van der Waals surface area (Å²) in [6.45, 7) is 4.05. The van der Waals surface area contributed by atoms with Gasteiger partial charge in [-0.2, -0.15) is 0 Å².